The summed E-state index contributed by atoms with van der Waals surface area (Å²) in [5.41, 5.74) is 10.3. The summed E-state index contributed by atoms with van der Waals surface area (Å²) in [5.74, 6) is 1.66. The number of nitrogens with zero attached hydrogens (tertiary/aromatic N) is 3. The van der Waals surface area contributed by atoms with Gasteiger partial charge in [0.1, 0.15) is 11.6 Å². The van der Waals surface area contributed by atoms with Crippen LogP contribution in [0.5, 0.6) is 0 Å². The molecule has 0 saturated heterocycles. The van der Waals surface area contributed by atoms with Gasteiger partial charge in [0.05, 0.1) is 11.4 Å². The Balaban J connectivity index is 1.41. The third-order valence-corrected chi connectivity index (χ3v) is 7.25. The van der Waals surface area contributed by atoms with E-state index in [1.165, 1.54) is 22.3 Å². The summed E-state index contributed by atoms with van der Waals surface area (Å²) < 4.78 is 0. The van der Waals surface area contributed by atoms with E-state index in [9.17, 15) is 0 Å². The van der Waals surface area contributed by atoms with Crippen molar-refractivity contribution in [2.75, 3.05) is 4.90 Å². The molecule has 0 radical (unpaired) electrons. The first kappa shape index (κ1) is 23.1. The van der Waals surface area contributed by atoms with Crippen molar-refractivity contribution in [2.45, 2.75) is 12.8 Å². The lowest BCUT2D eigenvalue weighted by molar-refractivity contribution is 1.12. The summed E-state index contributed by atoms with van der Waals surface area (Å²) in [7, 11) is 0. The molecule has 3 heteroatoms. The fraction of sp³-hybridized carbons (Fsp3) is 0.0556. The summed E-state index contributed by atoms with van der Waals surface area (Å²) in [6.07, 6.45) is 1.81. The minimum absolute atomic E-state index is 0.828. The van der Waals surface area contributed by atoms with Crippen LogP contribution in [0, 0.1) is 0 Å². The van der Waals surface area contributed by atoms with Crippen LogP contribution >= 0.6 is 0 Å². The van der Waals surface area contributed by atoms with E-state index in [4.69, 9.17) is 9.97 Å². The molecule has 4 aliphatic heterocycles. The fourth-order valence-electron chi connectivity index (χ4n) is 5.28. The van der Waals surface area contributed by atoms with Crippen LogP contribution in [-0.4, -0.2) is 9.97 Å². The van der Waals surface area contributed by atoms with Crippen molar-refractivity contribution in [1.29, 1.82) is 0 Å². The molecule has 4 aliphatic rings. The molecule has 4 aromatic carbocycles. The van der Waals surface area contributed by atoms with Crippen molar-refractivity contribution < 1.29 is 0 Å². The van der Waals surface area contributed by atoms with Crippen molar-refractivity contribution in [3.63, 3.8) is 0 Å². The quantitative estimate of drug-likeness (QED) is 0.225. The monoisotopic (exact) mass is 501 g/mol. The van der Waals surface area contributed by atoms with Crippen molar-refractivity contribution in [3.05, 3.63) is 162 Å². The molecule has 0 N–H and O–H groups in total. The van der Waals surface area contributed by atoms with Gasteiger partial charge in [-0.05, 0) is 71.5 Å². The topological polar surface area (TPSA) is 29.0 Å². The molecule has 10 rings (SSSR count). The zero-order chi connectivity index (χ0) is 26.0. The first-order valence-corrected chi connectivity index (χ1v) is 13.3. The van der Waals surface area contributed by atoms with Gasteiger partial charge in [0.25, 0.3) is 0 Å². The Morgan fingerprint density at radius 1 is 0.410 bits per heavy atom. The SMILES string of the molecule is c1ccc(N2c3cccc(n3)-c3ccc(cc3)Cc3cccc(c3)Cc3ccc(cc3)-c3cccc2n3)cc1. The summed E-state index contributed by atoms with van der Waals surface area (Å²) in [5, 5.41) is 0. The van der Waals surface area contributed by atoms with E-state index >= 15 is 0 Å². The highest BCUT2D eigenvalue weighted by Crippen LogP contribution is 2.34. The molecule has 0 fully saturated rings. The highest BCUT2D eigenvalue weighted by molar-refractivity contribution is 5.75. The van der Waals surface area contributed by atoms with Crippen LogP contribution in [0.3, 0.4) is 0 Å². The van der Waals surface area contributed by atoms with Gasteiger partial charge in [-0.15, -0.1) is 0 Å². The van der Waals surface area contributed by atoms with E-state index < -0.39 is 0 Å². The average Bonchev–Trinajstić information content (AvgIpc) is 2.99. The molecule has 6 heterocycles. The molecule has 0 atom stereocenters. The Kier molecular flexibility index (Phi) is 5.95. The predicted molar refractivity (Wildman–Crippen MR) is 160 cm³/mol. The van der Waals surface area contributed by atoms with Gasteiger partial charge in [-0.2, -0.15) is 0 Å². The van der Waals surface area contributed by atoms with Crippen molar-refractivity contribution >= 4 is 17.3 Å². The van der Waals surface area contributed by atoms with Crippen LogP contribution in [0.25, 0.3) is 22.5 Å². The number of hydrogen-bond donors (Lipinski definition) is 0. The van der Waals surface area contributed by atoms with Crippen LogP contribution < -0.4 is 4.90 Å². The van der Waals surface area contributed by atoms with Crippen LogP contribution in [0.4, 0.5) is 17.3 Å². The van der Waals surface area contributed by atoms with Crippen LogP contribution in [0.2, 0.25) is 0 Å². The number of benzene rings is 4. The van der Waals surface area contributed by atoms with Gasteiger partial charge in [-0.25, -0.2) is 9.97 Å². The first-order valence-electron chi connectivity index (χ1n) is 13.3. The Labute approximate surface area is 229 Å². The molecule has 3 nitrogen and oxygen atoms in total. The van der Waals surface area contributed by atoms with Gasteiger partial charge in [-0.1, -0.05) is 103 Å². The summed E-state index contributed by atoms with van der Waals surface area (Å²) in [4.78, 5) is 12.4. The maximum Gasteiger partial charge on any atom is 0.139 e. The van der Waals surface area contributed by atoms with Gasteiger partial charge < -0.3 is 0 Å². The van der Waals surface area contributed by atoms with Crippen molar-refractivity contribution in [3.8, 4) is 22.5 Å². The Bertz CT molecular complexity index is 1630. The smallest absolute Gasteiger partial charge is 0.139 e. The van der Waals surface area contributed by atoms with Gasteiger partial charge >= 0.3 is 0 Å². The normalized spacial score (nSPS) is 12.4. The number of aromatic nitrogens is 2. The molecule has 0 saturated carbocycles. The highest BCUT2D eigenvalue weighted by Gasteiger charge is 2.17. The first-order chi connectivity index (χ1) is 19.3. The average molecular weight is 502 g/mol. The third-order valence-electron chi connectivity index (χ3n) is 7.25. The second kappa shape index (κ2) is 10.0. The Morgan fingerprint density at radius 3 is 1.41 bits per heavy atom. The fourth-order valence-corrected chi connectivity index (χ4v) is 5.28. The maximum absolute atomic E-state index is 5.12. The van der Waals surface area contributed by atoms with Gasteiger partial charge in [0.15, 0.2) is 0 Å². The van der Waals surface area contributed by atoms with Crippen LogP contribution in [-0.2, 0) is 12.8 Å². The van der Waals surface area contributed by atoms with E-state index in [0.29, 0.717) is 0 Å². The third kappa shape index (κ3) is 4.83. The molecule has 0 unspecified atom stereocenters. The van der Waals surface area contributed by atoms with E-state index in [1.807, 2.05) is 30.3 Å². The summed E-state index contributed by atoms with van der Waals surface area (Å²) in [6, 6.07) is 49.2. The largest absolute Gasteiger partial charge is 0.279 e. The molecule has 0 amide bonds. The van der Waals surface area contributed by atoms with E-state index in [-0.39, 0.29) is 0 Å². The molecule has 186 valence electrons. The zero-order valence-corrected chi connectivity index (χ0v) is 21.5. The number of para-hydroxylation sites is 1. The maximum atomic E-state index is 5.12. The zero-order valence-electron chi connectivity index (χ0n) is 21.5. The van der Waals surface area contributed by atoms with Crippen molar-refractivity contribution in [2.24, 2.45) is 0 Å². The Morgan fingerprint density at radius 2 is 0.897 bits per heavy atom. The minimum Gasteiger partial charge on any atom is -0.279 e. The van der Waals surface area contributed by atoms with Gasteiger partial charge in [0, 0.05) is 16.8 Å². The lowest BCUT2D eigenvalue weighted by atomic mass is 9.97. The molecule has 2 aromatic heterocycles. The van der Waals surface area contributed by atoms with Crippen LogP contribution in [0.1, 0.15) is 22.3 Å². The lowest BCUT2D eigenvalue weighted by Crippen LogP contribution is -2.13. The van der Waals surface area contributed by atoms with E-state index in [0.717, 1.165) is 52.7 Å². The number of anilines is 3. The van der Waals surface area contributed by atoms with Gasteiger partial charge in [0.2, 0.25) is 0 Å². The van der Waals surface area contributed by atoms with Crippen molar-refractivity contribution in [1.82, 2.24) is 9.97 Å². The van der Waals surface area contributed by atoms with E-state index in [2.05, 4.69) is 114 Å². The van der Waals surface area contributed by atoms with Gasteiger partial charge in [-0.3, -0.25) is 4.90 Å². The minimum atomic E-state index is 0.828. The summed E-state index contributed by atoms with van der Waals surface area (Å²) >= 11 is 0. The molecule has 6 aromatic rings. The summed E-state index contributed by atoms with van der Waals surface area (Å²) in [6.45, 7) is 0. The number of hydrogen-bond acceptors (Lipinski definition) is 3. The number of rotatable bonds is 1. The molecular weight excluding hydrogens is 474 g/mol. The lowest BCUT2D eigenvalue weighted by Gasteiger charge is -2.24. The highest BCUT2D eigenvalue weighted by atomic mass is 15.2. The molecule has 0 spiro atoms. The second-order valence-electron chi connectivity index (χ2n) is 10.0. The molecule has 39 heavy (non-hydrogen) atoms. The molecule has 10 bridgehead atoms. The standard InChI is InChI=1S/C36H27N3/c1-2-9-32(10-3-1)39-35-13-5-11-33(37-35)30-19-15-26(16-20-30)23-28-7-4-8-29(25-28)24-27-17-21-31(22-18-27)34-12-6-14-36(39)38-34/h1-22,25H,23-24H2. The molecule has 0 aliphatic carbocycles. The predicted octanol–water partition coefficient (Wildman–Crippen LogP) is 8.78. The second-order valence-corrected chi connectivity index (χ2v) is 10.0. The van der Waals surface area contributed by atoms with E-state index in [1.54, 1.807) is 0 Å². The number of pyridine rings is 2. The Hall–Kier alpha value is -5.02. The molecular formula is C36H27N3. The van der Waals surface area contributed by atoms with Crippen LogP contribution in [0.15, 0.2) is 140 Å².